The van der Waals surface area contributed by atoms with E-state index in [-0.39, 0.29) is 17.7 Å². The van der Waals surface area contributed by atoms with Gasteiger partial charge in [-0.25, -0.2) is 0 Å². The first-order valence-electron chi connectivity index (χ1n) is 7.20. The third-order valence-electron chi connectivity index (χ3n) is 3.92. The van der Waals surface area contributed by atoms with E-state index >= 15 is 0 Å². The second kappa shape index (κ2) is 5.79. The van der Waals surface area contributed by atoms with Gasteiger partial charge in [-0.15, -0.1) is 0 Å². The van der Waals surface area contributed by atoms with Crippen LogP contribution in [0, 0.1) is 0 Å². The van der Waals surface area contributed by atoms with Crippen molar-refractivity contribution in [1.82, 2.24) is 10.6 Å². The summed E-state index contributed by atoms with van der Waals surface area (Å²) < 4.78 is 0. The van der Waals surface area contributed by atoms with Crippen molar-refractivity contribution in [3.63, 3.8) is 0 Å². The van der Waals surface area contributed by atoms with Crippen LogP contribution < -0.4 is 15.5 Å². The van der Waals surface area contributed by atoms with E-state index in [0.29, 0.717) is 18.7 Å². The Morgan fingerprint density at radius 3 is 2.45 bits per heavy atom. The van der Waals surface area contributed by atoms with Crippen molar-refractivity contribution >= 4 is 23.4 Å². The largest absolute Gasteiger partial charge is 0.355 e. The highest BCUT2D eigenvalue weighted by atomic mass is 16.2. The summed E-state index contributed by atoms with van der Waals surface area (Å²) in [6.07, 6.45) is 0. The van der Waals surface area contributed by atoms with Gasteiger partial charge >= 0.3 is 0 Å². The van der Waals surface area contributed by atoms with Crippen LogP contribution in [-0.2, 0) is 15.0 Å². The number of rotatable bonds is 4. The molecule has 0 saturated heterocycles. The van der Waals surface area contributed by atoms with Crippen molar-refractivity contribution in [2.45, 2.75) is 26.2 Å². The monoisotopic (exact) mass is 303 g/mol. The fourth-order valence-electron chi connectivity index (χ4n) is 2.63. The molecule has 2 rings (SSSR count). The quantitative estimate of drug-likeness (QED) is 0.808. The number of amides is 3. The van der Waals surface area contributed by atoms with Gasteiger partial charge < -0.3 is 15.5 Å². The summed E-state index contributed by atoms with van der Waals surface area (Å²) in [5, 5.41) is 5.36. The van der Waals surface area contributed by atoms with Gasteiger partial charge in [0.2, 0.25) is 11.8 Å². The Kier molecular flexibility index (Phi) is 4.21. The molecule has 0 aliphatic carbocycles. The van der Waals surface area contributed by atoms with E-state index in [4.69, 9.17) is 0 Å². The minimum Gasteiger partial charge on any atom is -0.355 e. The molecule has 0 fully saturated rings. The molecular weight excluding hydrogens is 282 g/mol. The van der Waals surface area contributed by atoms with E-state index in [1.54, 1.807) is 30.1 Å². The highest BCUT2D eigenvalue weighted by molar-refractivity contribution is 6.08. The zero-order valence-electron chi connectivity index (χ0n) is 13.3. The van der Waals surface area contributed by atoms with E-state index in [1.807, 2.05) is 13.8 Å². The number of nitrogens with one attached hydrogen (secondary N) is 2. The zero-order valence-corrected chi connectivity index (χ0v) is 13.3. The fraction of sp³-hybridized carbons (Fsp3) is 0.438. The molecule has 118 valence electrons. The lowest BCUT2D eigenvalue weighted by Crippen LogP contribution is -2.34. The van der Waals surface area contributed by atoms with Gasteiger partial charge in [0.25, 0.3) is 5.91 Å². The normalized spacial score (nSPS) is 15.5. The average molecular weight is 303 g/mol. The minimum atomic E-state index is -0.628. The molecule has 0 saturated carbocycles. The number of hydrogen-bond acceptors (Lipinski definition) is 3. The highest BCUT2D eigenvalue weighted by Crippen LogP contribution is 2.40. The predicted molar refractivity (Wildman–Crippen MR) is 83.9 cm³/mol. The molecule has 3 amide bonds. The van der Waals surface area contributed by atoms with Gasteiger partial charge in [-0.3, -0.25) is 14.4 Å². The van der Waals surface area contributed by atoms with E-state index in [2.05, 4.69) is 10.6 Å². The first-order valence-corrected chi connectivity index (χ1v) is 7.20. The van der Waals surface area contributed by atoms with Crippen LogP contribution in [0.4, 0.5) is 5.69 Å². The van der Waals surface area contributed by atoms with Crippen LogP contribution in [0.1, 0.15) is 36.7 Å². The van der Waals surface area contributed by atoms with Gasteiger partial charge in [0.15, 0.2) is 0 Å². The highest BCUT2D eigenvalue weighted by Gasteiger charge is 2.42. The first kappa shape index (κ1) is 16.0. The van der Waals surface area contributed by atoms with Gasteiger partial charge in [0.05, 0.1) is 5.41 Å². The number of anilines is 1. The summed E-state index contributed by atoms with van der Waals surface area (Å²) in [7, 11) is 1.74. The standard InChI is InChI=1S/C16H21N3O3/c1-10(20)17-7-8-18-14(21)11-5-6-13-12(9-11)16(2,3)15(22)19(13)4/h5-6,9H,7-8H2,1-4H3,(H,17,20)(H,18,21). The Morgan fingerprint density at radius 2 is 1.82 bits per heavy atom. The maximum Gasteiger partial charge on any atom is 0.251 e. The van der Waals surface area contributed by atoms with Crippen LogP contribution in [0.5, 0.6) is 0 Å². The Hall–Kier alpha value is -2.37. The van der Waals surface area contributed by atoms with Gasteiger partial charge in [0.1, 0.15) is 0 Å². The number of likely N-dealkylation sites (N-methyl/N-ethyl adjacent to an activating group) is 1. The van der Waals surface area contributed by atoms with Crippen molar-refractivity contribution in [2.24, 2.45) is 0 Å². The lowest BCUT2D eigenvalue weighted by molar-refractivity contribution is -0.122. The minimum absolute atomic E-state index is 0.0192. The van der Waals surface area contributed by atoms with Crippen LogP contribution in [0.2, 0.25) is 0 Å². The van der Waals surface area contributed by atoms with Crippen molar-refractivity contribution in [3.05, 3.63) is 29.3 Å². The number of hydrogen-bond donors (Lipinski definition) is 2. The van der Waals surface area contributed by atoms with Crippen LogP contribution in [-0.4, -0.2) is 37.9 Å². The summed E-state index contributed by atoms with van der Waals surface area (Å²) in [6.45, 7) is 5.89. The van der Waals surface area contributed by atoms with Crippen molar-refractivity contribution in [3.8, 4) is 0 Å². The molecule has 22 heavy (non-hydrogen) atoms. The average Bonchev–Trinajstić information content (AvgIpc) is 2.64. The summed E-state index contributed by atoms with van der Waals surface area (Å²) in [5.74, 6) is -0.327. The molecule has 0 unspecified atom stereocenters. The molecule has 1 aromatic rings. The molecule has 0 radical (unpaired) electrons. The molecule has 0 bridgehead atoms. The third-order valence-corrected chi connectivity index (χ3v) is 3.92. The van der Waals surface area contributed by atoms with E-state index in [0.717, 1.165) is 11.3 Å². The van der Waals surface area contributed by atoms with Crippen LogP contribution in [0.3, 0.4) is 0 Å². The number of carbonyl (C=O) groups excluding carboxylic acids is 3. The van der Waals surface area contributed by atoms with Crippen molar-refractivity contribution in [2.75, 3.05) is 25.0 Å². The number of benzene rings is 1. The van der Waals surface area contributed by atoms with Crippen LogP contribution in [0.15, 0.2) is 18.2 Å². The van der Waals surface area contributed by atoms with Crippen LogP contribution >= 0.6 is 0 Å². The van der Waals surface area contributed by atoms with Gasteiger partial charge in [-0.05, 0) is 37.6 Å². The first-order chi connectivity index (χ1) is 10.2. The summed E-state index contributed by atoms with van der Waals surface area (Å²) >= 11 is 0. The molecule has 6 heteroatoms. The Bertz CT molecular complexity index is 638. The van der Waals surface area contributed by atoms with Crippen molar-refractivity contribution < 1.29 is 14.4 Å². The lowest BCUT2D eigenvalue weighted by Gasteiger charge is -2.16. The Balaban J connectivity index is 2.12. The van der Waals surface area contributed by atoms with Crippen LogP contribution in [0.25, 0.3) is 0 Å². The molecular formula is C16H21N3O3. The number of carbonyl (C=O) groups is 3. The van der Waals surface area contributed by atoms with E-state index in [1.165, 1.54) is 6.92 Å². The second-order valence-electron chi connectivity index (χ2n) is 5.96. The van der Waals surface area contributed by atoms with E-state index in [9.17, 15) is 14.4 Å². The molecule has 1 heterocycles. The number of fused-ring (bicyclic) bond motifs is 1. The topological polar surface area (TPSA) is 78.5 Å². The lowest BCUT2D eigenvalue weighted by atomic mass is 9.85. The van der Waals surface area contributed by atoms with Gasteiger partial charge in [0, 0.05) is 38.3 Å². The zero-order chi connectivity index (χ0) is 16.5. The summed E-state index contributed by atoms with van der Waals surface area (Å²) in [6, 6.07) is 5.27. The fourth-order valence-corrected chi connectivity index (χ4v) is 2.63. The smallest absolute Gasteiger partial charge is 0.251 e. The summed E-state index contributed by atoms with van der Waals surface area (Å²) in [5.41, 5.74) is 1.58. The molecule has 6 nitrogen and oxygen atoms in total. The molecule has 0 spiro atoms. The molecule has 0 aromatic heterocycles. The maximum absolute atomic E-state index is 12.2. The van der Waals surface area contributed by atoms with Gasteiger partial charge in [-0.1, -0.05) is 0 Å². The predicted octanol–water partition coefficient (Wildman–Crippen LogP) is 0.806. The summed E-state index contributed by atoms with van der Waals surface area (Å²) in [4.78, 5) is 36.7. The molecule has 1 aromatic carbocycles. The van der Waals surface area contributed by atoms with Gasteiger partial charge in [-0.2, -0.15) is 0 Å². The maximum atomic E-state index is 12.2. The second-order valence-corrected chi connectivity index (χ2v) is 5.96. The van der Waals surface area contributed by atoms with Crippen molar-refractivity contribution in [1.29, 1.82) is 0 Å². The SMILES string of the molecule is CC(=O)NCCNC(=O)c1ccc2c(c1)C(C)(C)C(=O)N2C. The molecule has 1 aliphatic rings. The Morgan fingerprint density at radius 1 is 1.18 bits per heavy atom. The van der Waals surface area contributed by atoms with E-state index < -0.39 is 5.41 Å². The molecule has 1 aliphatic heterocycles. The molecule has 2 N–H and O–H groups in total. The number of nitrogens with zero attached hydrogens (tertiary/aromatic N) is 1. The third kappa shape index (κ3) is 2.81. The Labute approximate surface area is 129 Å². The molecule has 0 atom stereocenters.